The van der Waals surface area contributed by atoms with Gasteiger partial charge in [-0.05, 0) is 44.2 Å². The fourth-order valence-corrected chi connectivity index (χ4v) is 2.84. The summed E-state index contributed by atoms with van der Waals surface area (Å²) in [4.78, 5) is 26.1. The number of anilines is 1. The van der Waals surface area contributed by atoms with Gasteiger partial charge in [0.25, 0.3) is 0 Å². The van der Waals surface area contributed by atoms with Crippen LogP contribution in [0, 0.1) is 11.7 Å². The van der Waals surface area contributed by atoms with Crippen LogP contribution in [0.1, 0.15) is 19.8 Å². The number of nitrogens with zero attached hydrogens (tertiary/aromatic N) is 1. The molecule has 0 saturated carbocycles. The van der Waals surface area contributed by atoms with Crippen LogP contribution in [0.15, 0.2) is 24.3 Å². The van der Waals surface area contributed by atoms with Crippen LogP contribution in [-0.2, 0) is 4.79 Å². The predicted octanol–water partition coefficient (Wildman–Crippen LogP) is 2.22. The quantitative estimate of drug-likeness (QED) is 0.742. The second kappa shape index (κ2) is 10.2. The topological polar surface area (TPSA) is 73.5 Å². The lowest BCUT2D eigenvalue weighted by Crippen LogP contribution is -2.49. The maximum atomic E-state index is 12.8. The first-order valence-electron chi connectivity index (χ1n) is 8.26. The number of rotatable bonds is 5. The largest absolute Gasteiger partial charge is 0.342 e. The Morgan fingerprint density at radius 1 is 1.24 bits per heavy atom. The van der Waals surface area contributed by atoms with Gasteiger partial charge in [-0.3, -0.25) is 4.79 Å². The monoisotopic (exact) mass is 372 g/mol. The Hall–Kier alpha value is -1.86. The minimum atomic E-state index is -0.342. The molecule has 1 aliphatic rings. The molecule has 25 heavy (non-hydrogen) atoms. The Balaban J connectivity index is 0.00000312. The Morgan fingerprint density at radius 3 is 2.40 bits per heavy atom. The second-order valence-electron chi connectivity index (χ2n) is 6.16. The van der Waals surface area contributed by atoms with Gasteiger partial charge in [-0.25, -0.2) is 9.18 Å². The van der Waals surface area contributed by atoms with Crippen molar-refractivity contribution in [2.75, 3.05) is 32.0 Å². The average Bonchev–Trinajstić information content (AvgIpc) is 2.57. The molecule has 0 radical (unpaired) electrons. The molecule has 140 valence electrons. The van der Waals surface area contributed by atoms with E-state index in [0.29, 0.717) is 25.3 Å². The Morgan fingerprint density at radius 2 is 1.84 bits per heavy atom. The molecular formula is C17H26ClFN4O2. The number of hydrogen-bond acceptors (Lipinski definition) is 3. The third kappa shape index (κ3) is 6.51. The zero-order valence-corrected chi connectivity index (χ0v) is 15.4. The number of carbonyl (C=O) groups excluding carboxylic acids is 2. The van der Waals surface area contributed by atoms with E-state index in [1.165, 1.54) is 24.3 Å². The first kappa shape index (κ1) is 21.2. The molecule has 0 aliphatic carbocycles. The summed E-state index contributed by atoms with van der Waals surface area (Å²) in [6.07, 6.45) is 1.46. The number of hydrogen-bond donors (Lipinski definition) is 3. The highest BCUT2D eigenvalue weighted by molar-refractivity contribution is 5.89. The van der Waals surface area contributed by atoms with Crippen LogP contribution in [0.25, 0.3) is 0 Å². The fraction of sp³-hybridized carbons (Fsp3) is 0.529. The molecule has 0 spiro atoms. The van der Waals surface area contributed by atoms with E-state index in [0.717, 1.165) is 12.8 Å². The second-order valence-corrected chi connectivity index (χ2v) is 6.16. The zero-order valence-electron chi connectivity index (χ0n) is 14.5. The van der Waals surface area contributed by atoms with Gasteiger partial charge < -0.3 is 20.9 Å². The van der Waals surface area contributed by atoms with E-state index in [4.69, 9.17) is 0 Å². The minimum absolute atomic E-state index is 0. The maximum Gasteiger partial charge on any atom is 0.319 e. The van der Waals surface area contributed by atoms with Crippen molar-refractivity contribution in [3.8, 4) is 0 Å². The molecular weight excluding hydrogens is 347 g/mol. The molecule has 0 bridgehead atoms. The van der Waals surface area contributed by atoms with Crippen molar-refractivity contribution in [2.24, 2.45) is 5.92 Å². The summed E-state index contributed by atoms with van der Waals surface area (Å²) in [5.41, 5.74) is 0.544. The van der Waals surface area contributed by atoms with Crippen LogP contribution < -0.4 is 16.0 Å². The van der Waals surface area contributed by atoms with Crippen LogP contribution in [0.5, 0.6) is 0 Å². The molecule has 1 aliphatic heterocycles. The first-order chi connectivity index (χ1) is 11.5. The van der Waals surface area contributed by atoms with Gasteiger partial charge in [0.15, 0.2) is 0 Å². The molecule has 1 atom stereocenters. The molecule has 1 fully saturated rings. The van der Waals surface area contributed by atoms with Gasteiger partial charge in [0.1, 0.15) is 5.82 Å². The van der Waals surface area contributed by atoms with Gasteiger partial charge in [-0.15, -0.1) is 12.4 Å². The Labute approximate surface area is 153 Å². The summed E-state index contributed by atoms with van der Waals surface area (Å²) in [6.45, 7) is 3.87. The fourth-order valence-electron chi connectivity index (χ4n) is 2.84. The molecule has 1 aromatic rings. The molecule has 6 nitrogen and oxygen atoms in total. The van der Waals surface area contributed by atoms with Gasteiger partial charge in [-0.2, -0.15) is 0 Å². The summed E-state index contributed by atoms with van der Waals surface area (Å²) in [6, 6.07) is 5.35. The van der Waals surface area contributed by atoms with Crippen molar-refractivity contribution >= 4 is 30.0 Å². The van der Waals surface area contributed by atoms with Crippen molar-refractivity contribution in [3.05, 3.63) is 30.1 Å². The lowest BCUT2D eigenvalue weighted by Gasteiger charge is -2.34. The van der Waals surface area contributed by atoms with Gasteiger partial charge in [-0.1, -0.05) is 6.92 Å². The number of amides is 3. The molecule has 1 unspecified atom stereocenters. The maximum absolute atomic E-state index is 12.8. The minimum Gasteiger partial charge on any atom is -0.342 e. The van der Waals surface area contributed by atoms with Crippen LogP contribution in [-0.4, -0.2) is 49.6 Å². The Bertz CT molecular complexity index is 562. The molecule has 1 saturated heterocycles. The highest BCUT2D eigenvalue weighted by Gasteiger charge is 2.26. The number of halogens is 2. The van der Waals surface area contributed by atoms with Crippen molar-refractivity contribution in [1.82, 2.24) is 15.5 Å². The average molecular weight is 373 g/mol. The summed E-state index contributed by atoms with van der Waals surface area (Å²) >= 11 is 0. The van der Waals surface area contributed by atoms with Gasteiger partial charge >= 0.3 is 6.03 Å². The zero-order chi connectivity index (χ0) is 17.5. The number of urea groups is 1. The number of likely N-dealkylation sites (tertiary alicyclic amines) is 1. The van der Waals surface area contributed by atoms with Crippen molar-refractivity contribution in [1.29, 1.82) is 0 Å². The summed E-state index contributed by atoms with van der Waals surface area (Å²) < 4.78 is 12.8. The molecule has 3 amide bonds. The Kier molecular flexibility index (Phi) is 8.65. The molecule has 8 heteroatoms. The van der Waals surface area contributed by atoms with Crippen LogP contribution >= 0.6 is 12.4 Å². The standard InChI is InChI=1S/C17H25FN4O2.ClH/c1-12(11-19-2)16(23)22-9-7-15(8-10-22)21-17(24)20-14-5-3-13(18)4-6-14;/h3-6,12,15,19H,7-11H2,1-2H3,(H2,20,21,24);1H. The van der Waals surface area contributed by atoms with E-state index >= 15 is 0 Å². The number of nitrogens with one attached hydrogen (secondary N) is 3. The highest BCUT2D eigenvalue weighted by atomic mass is 35.5. The number of carbonyl (C=O) groups is 2. The van der Waals surface area contributed by atoms with Crippen LogP contribution in [0.3, 0.4) is 0 Å². The van der Waals surface area contributed by atoms with E-state index in [-0.39, 0.29) is 42.1 Å². The van der Waals surface area contributed by atoms with E-state index in [1.54, 1.807) is 0 Å². The molecule has 3 N–H and O–H groups in total. The van der Waals surface area contributed by atoms with Crippen molar-refractivity contribution in [3.63, 3.8) is 0 Å². The van der Waals surface area contributed by atoms with E-state index in [1.807, 2.05) is 18.9 Å². The first-order valence-corrected chi connectivity index (χ1v) is 8.26. The molecule has 0 aromatic heterocycles. The smallest absolute Gasteiger partial charge is 0.319 e. The highest BCUT2D eigenvalue weighted by Crippen LogP contribution is 2.14. The SMILES string of the molecule is CNCC(C)C(=O)N1CCC(NC(=O)Nc2ccc(F)cc2)CC1.Cl. The third-order valence-electron chi connectivity index (χ3n) is 4.18. The van der Waals surface area contributed by atoms with Gasteiger partial charge in [0.2, 0.25) is 5.91 Å². The third-order valence-corrected chi connectivity index (χ3v) is 4.18. The summed E-state index contributed by atoms with van der Waals surface area (Å²) in [7, 11) is 1.83. The normalized spacial score (nSPS) is 15.9. The molecule has 1 aromatic carbocycles. The lowest BCUT2D eigenvalue weighted by atomic mass is 10.0. The van der Waals surface area contributed by atoms with E-state index in [2.05, 4.69) is 16.0 Å². The number of benzene rings is 1. The lowest BCUT2D eigenvalue weighted by molar-refractivity contribution is -0.135. The predicted molar refractivity (Wildman–Crippen MR) is 98.5 cm³/mol. The van der Waals surface area contributed by atoms with Gasteiger partial charge in [0.05, 0.1) is 0 Å². The van der Waals surface area contributed by atoms with E-state index < -0.39 is 0 Å². The van der Waals surface area contributed by atoms with Crippen LogP contribution in [0.4, 0.5) is 14.9 Å². The van der Waals surface area contributed by atoms with Crippen molar-refractivity contribution in [2.45, 2.75) is 25.8 Å². The van der Waals surface area contributed by atoms with Gasteiger partial charge in [0, 0.05) is 37.3 Å². The number of piperidine rings is 1. The molecule has 2 rings (SSSR count). The summed E-state index contributed by atoms with van der Waals surface area (Å²) in [5, 5.41) is 8.59. The van der Waals surface area contributed by atoms with E-state index in [9.17, 15) is 14.0 Å². The van der Waals surface area contributed by atoms with Crippen molar-refractivity contribution < 1.29 is 14.0 Å². The molecule has 1 heterocycles. The van der Waals surface area contributed by atoms with Crippen LogP contribution in [0.2, 0.25) is 0 Å². The summed E-state index contributed by atoms with van der Waals surface area (Å²) in [5.74, 6) is -0.231.